The number of carboxylic acids is 1. The van der Waals surface area contributed by atoms with Gasteiger partial charge in [-0.15, -0.1) is 0 Å². The SMILES string of the molecule is N[C@H](Cc1cccc(C(F)(F)F)c1)[C@H](C(=O)O)C(=O)OCC1c2ccccc2-c2ccccc21. The van der Waals surface area contributed by atoms with Crippen LogP contribution >= 0.6 is 0 Å². The first-order chi connectivity index (χ1) is 16.2. The van der Waals surface area contributed by atoms with Crippen LogP contribution in [0.4, 0.5) is 13.2 Å². The molecule has 0 aliphatic heterocycles. The molecule has 3 aromatic rings. The van der Waals surface area contributed by atoms with Crippen LogP contribution in [0.1, 0.15) is 28.2 Å². The summed E-state index contributed by atoms with van der Waals surface area (Å²) in [4.78, 5) is 24.6. The largest absolute Gasteiger partial charge is 0.481 e. The molecular formula is C26H22F3NO4. The Hall–Kier alpha value is -3.65. The summed E-state index contributed by atoms with van der Waals surface area (Å²) in [6.45, 7) is -0.0765. The van der Waals surface area contributed by atoms with Gasteiger partial charge < -0.3 is 15.6 Å². The number of carbonyl (C=O) groups is 2. The second-order valence-corrected chi connectivity index (χ2v) is 8.24. The third kappa shape index (κ3) is 4.68. The Morgan fingerprint density at radius 2 is 1.53 bits per heavy atom. The molecule has 8 heteroatoms. The van der Waals surface area contributed by atoms with Gasteiger partial charge in [0.2, 0.25) is 0 Å². The second-order valence-electron chi connectivity index (χ2n) is 8.24. The first-order valence-electron chi connectivity index (χ1n) is 10.7. The first kappa shape index (κ1) is 23.5. The molecular weight excluding hydrogens is 447 g/mol. The minimum Gasteiger partial charge on any atom is -0.481 e. The number of alkyl halides is 3. The monoisotopic (exact) mass is 469 g/mol. The van der Waals surface area contributed by atoms with Gasteiger partial charge in [0.15, 0.2) is 5.92 Å². The molecule has 0 unspecified atom stereocenters. The van der Waals surface area contributed by atoms with Crippen LogP contribution in [0.3, 0.4) is 0 Å². The highest BCUT2D eigenvalue weighted by atomic mass is 19.4. The number of aliphatic carboxylic acids is 1. The zero-order chi connectivity index (χ0) is 24.5. The Kier molecular flexibility index (Phi) is 6.43. The van der Waals surface area contributed by atoms with Gasteiger partial charge in [-0.3, -0.25) is 9.59 Å². The lowest BCUT2D eigenvalue weighted by Crippen LogP contribution is -2.43. The van der Waals surface area contributed by atoms with Crippen molar-refractivity contribution in [1.82, 2.24) is 0 Å². The molecule has 3 N–H and O–H groups in total. The maximum Gasteiger partial charge on any atom is 0.416 e. The van der Waals surface area contributed by atoms with Crippen molar-refractivity contribution < 1.29 is 32.6 Å². The summed E-state index contributed by atoms with van der Waals surface area (Å²) in [5, 5.41) is 9.62. The fraction of sp³-hybridized carbons (Fsp3) is 0.231. The number of fused-ring (bicyclic) bond motifs is 3. The standard InChI is InChI=1S/C26H22F3NO4/c27-26(28,29)16-7-5-6-15(12-16)13-22(30)23(24(31)32)25(33)34-14-21-19-10-3-1-8-17(19)18-9-2-4-11-20(18)21/h1-12,21-23H,13-14,30H2,(H,31,32)/t22-,23-/m1/s1. The normalized spacial score (nSPS) is 14.7. The topological polar surface area (TPSA) is 89.6 Å². The molecule has 34 heavy (non-hydrogen) atoms. The first-order valence-corrected chi connectivity index (χ1v) is 10.7. The summed E-state index contributed by atoms with van der Waals surface area (Å²) >= 11 is 0. The predicted molar refractivity (Wildman–Crippen MR) is 119 cm³/mol. The number of benzene rings is 3. The third-order valence-electron chi connectivity index (χ3n) is 6.03. The van der Waals surface area contributed by atoms with Crippen LogP contribution in [0.5, 0.6) is 0 Å². The number of ether oxygens (including phenoxy) is 1. The van der Waals surface area contributed by atoms with E-state index in [2.05, 4.69) is 0 Å². The fourth-order valence-electron chi connectivity index (χ4n) is 4.42. The predicted octanol–water partition coefficient (Wildman–Crippen LogP) is 4.63. The third-order valence-corrected chi connectivity index (χ3v) is 6.03. The molecule has 3 aromatic carbocycles. The Morgan fingerprint density at radius 1 is 0.941 bits per heavy atom. The van der Waals surface area contributed by atoms with E-state index in [1.807, 2.05) is 48.5 Å². The highest BCUT2D eigenvalue weighted by Gasteiger charge is 2.37. The van der Waals surface area contributed by atoms with Crippen molar-refractivity contribution in [3.63, 3.8) is 0 Å². The Balaban J connectivity index is 1.49. The average Bonchev–Trinajstić information content (AvgIpc) is 3.11. The van der Waals surface area contributed by atoms with Crippen LogP contribution < -0.4 is 5.73 Å². The van der Waals surface area contributed by atoms with Crippen molar-refractivity contribution in [3.8, 4) is 11.1 Å². The molecule has 0 heterocycles. The molecule has 176 valence electrons. The van der Waals surface area contributed by atoms with E-state index >= 15 is 0 Å². The number of hydrogen-bond acceptors (Lipinski definition) is 4. The maximum atomic E-state index is 13.0. The lowest BCUT2D eigenvalue weighted by molar-refractivity contribution is -0.159. The molecule has 2 atom stereocenters. The van der Waals surface area contributed by atoms with Crippen molar-refractivity contribution in [3.05, 3.63) is 95.1 Å². The van der Waals surface area contributed by atoms with Crippen LogP contribution in [0.15, 0.2) is 72.8 Å². The number of esters is 1. The number of carbonyl (C=O) groups excluding carboxylic acids is 1. The number of hydrogen-bond donors (Lipinski definition) is 2. The summed E-state index contributed by atoms with van der Waals surface area (Å²) < 4.78 is 44.4. The number of halogens is 3. The summed E-state index contributed by atoms with van der Waals surface area (Å²) in [5.74, 6) is -4.49. The zero-order valence-corrected chi connectivity index (χ0v) is 18.0. The van der Waals surface area contributed by atoms with Crippen LogP contribution in [-0.4, -0.2) is 29.7 Å². The van der Waals surface area contributed by atoms with E-state index in [1.165, 1.54) is 12.1 Å². The fourth-order valence-corrected chi connectivity index (χ4v) is 4.42. The number of carboxylic acid groups (broad SMARTS) is 1. The molecule has 0 radical (unpaired) electrons. The van der Waals surface area contributed by atoms with Gasteiger partial charge in [-0.05, 0) is 40.3 Å². The summed E-state index contributed by atoms with van der Waals surface area (Å²) in [7, 11) is 0. The quantitative estimate of drug-likeness (QED) is 0.389. The summed E-state index contributed by atoms with van der Waals surface area (Å²) in [6.07, 6.45) is -4.77. The Morgan fingerprint density at radius 3 is 2.09 bits per heavy atom. The zero-order valence-electron chi connectivity index (χ0n) is 18.0. The van der Waals surface area contributed by atoms with Gasteiger partial charge in [-0.1, -0.05) is 66.7 Å². The molecule has 0 saturated heterocycles. The van der Waals surface area contributed by atoms with E-state index in [4.69, 9.17) is 10.5 Å². The van der Waals surface area contributed by atoms with Gasteiger partial charge in [0.1, 0.15) is 6.61 Å². The Labute approximate surface area is 194 Å². The smallest absolute Gasteiger partial charge is 0.416 e. The van der Waals surface area contributed by atoms with Crippen molar-refractivity contribution in [2.45, 2.75) is 24.6 Å². The van der Waals surface area contributed by atoms with Gasteiger partial charge in [-0.25, -0.2) is 0 Å². The summed E-state index contributed by atoms with van der Waals surface area (Å²) in [5.41, 5.74) is 9.28. The molecule has 0 fully saturated rings. The molecule has 1 aliphatic rings. The minimum absolute atomic E-state index is 0.0765. The van der Waals surface area contributed by atoms with Gasteiger partial charge >= 0.3 is 18.1 Å². The summed E-state index contributed by atoms with van der Waals surface area (Å²) in [6, 6.07) is 18.6. The van der Waals surface area contributed by atoms with Crippen LogP contribution in [-0.2, 0) is 26.9 Å². The molecule has 0 amide bonds. The van der Waals surface area contributed by atoms with E-state index in [-0.39, 0.29) is 24.5 Å². The van der Waals surface area contributed by atoms with E-state index in [9.17, 15) is 27.9 Å². The molecule has 4 rings (SSSR count). The molecule has 5 nitrogen and oxygen atoms in total. The minimum atomic E-state index is -4.54. The van der Waals surface area contributed by atoms with Gasteiger partial charge in [0.25, 0.3) is 0 Å². The molecule has 1 aliphatic carbocycles. The second kappa shape index (κ2) is 9.30. The van der Waals surface area contributed by atoms with E-state index in [0.717, 1.165) is 34.4 Å². The number of nitrogens with two attached hydrogens (primary N) is 1. The van der Waals surface area contributed by atoms with Crippen molar-refractivity contribution in [2.24, 2.45) is 11.7 Å². The van der Waals surface area contributed by atoms with E-state index < -0.39 is 35.6 Å². The van der Waals surface area contributed by atoms with Crippen molar-refractivity contribution in [1.29, 1.82) is 0 Å². The molecule has 0 spiro atoms. The van der Waals surface area contributed by atoms with E-state index in [1.54, 1.807) is 0 Å². The van der Waals surface area contributed by atoms with Crippen molar-refractivity contribution >= 4 is 11.9 Å². The van der Waals surface area contributed by atoms with Crippen molar-refractivity contribution in [2.75, 3.05) is 6.61 Å². The van der Waals surface area contributed by atoms with Crippen LogP contribution in [0.25, 0.3) is 11.1 Å². The average molecular weight is 469 g/mol. The van der Waals surface area contributed by atoms with Gasteiger partial charge in [-0.2, -0.15) is 13.2 Å². The van der Waals surface area contributed by atoms with E-state index in [0.29, 0.717) is 0 Å². The lowest BCUT2D eigenvalue weighted by Gasteiger charge is -2.21. The highest BCUT2D eigenvalue weighted by Crippen LogP contribution is 2.44. The maximum absolute atomic E-state index is 13.0. The Bertz CT molecular complexity index is 1180. The highest BCUT2D eigenvalue weighted by molar-refractivity contribution is 5.95. The lowest BCUT2D eigenvalue weighted by atomic mass is 9.93. The molecule has 0 saturated carbocycles. The molecule has 0 aromatic heterocycles. The van der Waals surface area contributed by atoms with Gasteiger partial charge in [0, 0.05) is 12.0 Å². The number of rotatable bonds is 7. The van der Waals surface area contributed by atoms with Crippen LogP contribution in [0, 0.1) is 5.92 Å². The van der Waals surface area contributed by atoms with Gasteiger partial charge in [0.05, 0.1) is 5.56 Å². The molecule has 0 bridgehead atoms. The van der Waals surface area contributed by atoms with Crippen LogP contribution in [0.2, 0.25) is 0 Å².